The Balaban J connectivity index is 2.43. The predicted molar refractivity (Wildman–Crippen MR) is 61.0 cm³/mol. The maximum absolute atomic E-state index is 12.0. The molecule has 0 aliphatic heterocycles. The Kier molecular flexibility index (Phi) is 5.86. The van der Waals surface area contributed by atoms with Gasteiger partial charge in [0.2, 0.25) is 0 Å². The lowest BCUT2D eigenvalue weighted by atomic mass is 10.2. The van der Waals surface area contributed by atoms with Gasteiger partial charge in [-0.2, -0.15) is 8.78 Å². The molecular weight excluding hydrogens is 228 g/mol. The van der Waals surface area contributed by atoms with Gasteiger partial charge in [0.1, 0.15) is 5.75 Å². The molecule has 3 nitrogen and oxygen atoms in total. The van der Waals surface area contributed by atoms with Crippen molar-refractivity contribution in [1.82, 2.24) is 0 Å². The number of halogens is 2. The minimum atomic E-state index is -2.81. The second kappa shape index (κ2) is 7.19. The van der Waals surface area contributed by atoms with Crippen LogP contribution in [0.15, 0.2) is 24.3 Å². The third kappa shape index (κ3) is 5.60. The van der Waals surface area contributed by atoms with Crippen LogP contribution in [0.1, 0.15) is 18.9 Å². The van der Waals surface area contributed by atoms with Crippen LogP contribution in [0.4, 0.5) is 8.78 Å². The van der Waals surface area contributed by atoms with Crippen LogP contribution in [0.3, 0.4) is 0 Å². The molecule has 1 unspecified atom stereocenters. The fraction of sp³-hybridized carbons (Fsp3) is 0.500. The Morgan fingerprint density at radius 1 is 1.35 bits per heavy atom. The van der Waals surface area contributed by atoms with E-state index < -0.39 is 6.61 Å². The van der Waals surface area contributed by atoms with Crippen molar-refractivity contribution in [2.75, 3.05) is 6.61 Å². The fourth-order valence-electron chi connectivity index (χ4n) is 1.26. The molecule has 0 fully saturated rings. The molecule has 0 spiro atoms. The minimum absolute atomic E-state index is 0.00972. The number of rotatable bonds is 7. The third-order valence-corrected chi connectivity index (χ3v) is 2.25. The van der Waals surface area contributed by atoms with Gasteiger partial charge < -0.3 is 15.2 Å². The van der Waals surface area contributed by atoms with Crippen molar-refractivity contribution in [1.29, 1.82) is 0 Å². The number of nitrogens with two attached hydrogens (primary N) is 1. The van der Waals surface area contributed by atoms with E-state index in [0.29, 0.717) is 13.2 Å². The van der Waals surface area contributed by atoms with Gasteiger partial charge in [0, 0.05) is 6.04 Å². The highest BCUT2D eigenvalue weighted by atomic mass is 19.3. The molecule has 0 aliphatic carbocycles. The van der Waals surface area contributed by atoms with Gasteiger partial charge in [0.15, 0.2) is 0 Å². The standard InChI is InChI=1S/C12H17F2NO2/c1-2-10(15)8-16-7-9-4-3-5-11(6-9)17-12(13)14/h3-6,10,12H,2,7-8,15H2,1H3. The van der Waals surface area contributed by atoms with Crippen LogP contribution in [0.5, 0.6) is 5.75 Å². The fourth-order valence-corrected chi connectivity index (χ4v) is 1.26. The Bertz CT molecular complexity index is 334. The molecule has 0 saturated heterocycles. The van der Waals surface area contributed by atoms with Gasteiger partial charge >= 0.3 is 6.61 Å². The van der Waals surface area contributed by atoms with Crippen LogP contribution in [0, 0.1) is 0 Å². The second-order valence-electron chi connectivity index (χ2n) is 3.71. The van der Waals surface area contributed by atoms with Crippen LogP contribution < -0.4 is 10.5 Å². The van der Waals surface area contributed by atoms with Gasteiger partial charge in [-0.1, -0.05) is 19.1 Å². The summed E-state index contributed by atoms with van der Waals surface area (Å²) in [6, 6.07) is 6.46. The number of benzene rings is 1. The van der Waals surface area contributed by atoms with Crippen LogP contribution in [-0.2, 0) is 11.3 Å². The molecule has 0 heterocycles. The molecule has 5 heteroatoms. The van der Waals surface area contributed by atoms with Gasteiger partial charge in [-0.3, -0.25) is 0 Å². The van der Waals surface area contributed by atoms with Crippen molar-refractivity contribution in [3.63, 3.8) is 0 Å². The quantitative estimate of drug-likeness (QED) is 0.802. The smallest absolute Gasteiger partial charge is 0.387 e. The molecule has 1 rings (SSSR count). The monoisotopic (exact) mass is 245 g/mol. The first kappa shape index (κ1) is 13.9. The molecule has 0 aliphatic rings. The zero-order valence-corrected chi connectivity index (χ0v) is 9.74. The lowest BCUT2D eigenvalue weighted by Gasteiger charge is -2.10. The first-order valence-electron chi connectivity index (χ1n) is 5.49. The van der Waals surface area contributed by atoms with E-state index in [0.717, 1.165) is 12.0 Å². The molecule has 0 aromatic heterocycles. The molecular formula is C12H17F2NO2. The molecule has 17 heavy (non-hydrogen) atoms. The van der Waals surface area contributed by atoms with Gasteiger partial charge in [-0.05, 0) is 24.1 Å². The van der Waals surface area contributed by atoms with E-state index >= 15 is 0 Å². The molecule has 0 saturated carbocycles. The van der Waals surface area contributed by atoms with Gasteiger partial charge in [0.05, 0.1) is 13.2 Å². The molecule has 0 bridgehead atoms. The molecule has 1 aromatic carbocycles. The number of hydrogen-bond acceptors (Lipinski definition) is 3. The van der Waals surface area contributed by atoms with Crippen molar-refractivity contribution in [3.05, 3.63) is 29.8 Å². The van der Waals surface area contributed by atoms with E-state index in [1.54, 1.807) is 12.1 Å². The van der Waals surface area contributed by atoms with Crippen molar-refractivity contribution >= 4 is 0 Å². The maximum atomic E-state index is 12.0. The third-order valence-electron chi connectivity index (χ3n) is 2.25. The van der Waals surface area contributed by atoms with Crippen molar-refractivity contribution in [3.8, 4) is 5.75 Å². The number of alkyl halides is 2. The topological polar surface area (TPSA) is 44.5 Å². The summed E-state index contributed by atoms with van der Waals surface area (Å²) in [5.41, 5.74) is 6.47. The van der Waals surface area contributed by atoms with E-state index in [-0.39, 0.29) is 11.8 Å². The number of ether oxygens (including phenoxy) is 2. The average Bonchev–Trinajstić information content (AvgIpc) is 2.28. The summed E-state index contributed by atoms with van der Waals surface area (Å²) in [6.45, 7) is -0.0323. The highest BCUT2D eigenvalue weighted by molar-refractivity contribution is 5.28. The first-order valence-corrected chi connectivity index (χ1v) is 5.49. The van der Waals surface area contributed by atoms with Gasteiger partial charge in [-0.15, -0.1) is 0 Å². The molecule has 96 valence electrons. The Morgan fingerprint density at radius 2 is 2.12 bits per heavy atom. The van der Waals surface area contributed by atoms with Crippen LogP contribution in [-0.4, -0.2) is 19.3 Å². The normalized spacial score (nSPS) is 12.8. The van der Waals surface area contributed by atoms with Crippen LogP contribution in [0.2, 0.25) is 0 Å². The lowest BCUT2D eigenvalue weighted by molar-refractivity contribution is -0.0499. The Morgan fingerprint density at radius 3 is 2.76 bits per heavy atom. The van der Waals surface area contributed by atoms with E-state index in [2.05, 4.69) is 4.74 Å². The summed E-state index contributed by atoms with van der Waals surface area (Å²) in [5, 5.41) is 0. The van der Waals surface area contributed by atoms with Gasteiger partial charge in [0.25, 0.3) is 0 Å². The highest BCUT2D eigenvalue weighted by Gasteiger charge is 2.05. The largest absolute Gasteiger partial charge is 0.435 e. The summed E-state index contributed by atoms with van der Waals surface area (Å²) in [4.78, 5) is 0. The Labute approximate surface area is 99.5 Å². The summed E-state index contributed by atoms with van der Waals surface area (Å²) >= 11 is 0. The van der Waals surface area contributed by atoms with E-state index in [9.17, 15) is 8.78 Å². The van der Waals surface area contributed by atoms with Crippen molar-refractivity contribution < 1.29 is 18.3 Å². The molecule has 1 aromatic rings. The lowest BCUT2D eigenvalue weighted by Crippen LogP contribution is -2.24. The number of hydrogen-bond donors (Lipinski definition) is 1. The molecule has 0 amide bonds. The van der Waals surface area contributed by atoms with E-state index in [4.69, 9.17) is 10.5 Å². The highest BCUT2D eigenvalue weighted by Crippen LogP contribution is 2.16. The zero-order chi connectivity index (χ0) is 12.7. The van der Waals surface area contributed by atoms with E-state index in [1.165, 1.54) is 12.1 Å². The zero-order valence-electron chi connectivity index (χ0n) is 9.74. The van der Waals surface area contributed by atoms with E-state index in [1.807, 2.05) is 6.92 Å². The predicted octanol–water partition coefficient (Wildman–Crippen LogP) is 2.54. The minimum Gasteiger partial charge on any atom is -0.435 e. The summed E-state index contributed by atoms with van der Waals surface area (Å²) in [7, 11) is 0. The molecule has 2 N–H and O–H groups in total. The maximum Gasteiger partial charge on any atom is 0.387 e. The molecule has 0 radical (unpaired) electrons. The van der Waals surface area contributed by atoms with Gasteiger partial charge in [-0.25, -0.2) is 0 Å². The SMILES string of the molecule is CCC(N)COCc1cccc(OC(F)F)c1. The molecule has 1 atom stereocenters. The Hall–Kier alpha value is -1.20. The first-order chi connectivity index (χ1) is 8.11. The van der Waals surface area contributed by atoms with Crippen molar-refractivity contribution in [2.24, 2.45) is 5.73 Å². The second-order valence-corrected chi connectivity index (χ2v) is 3.71. The summed E-state index contributed by atoms with van der Waals surface area (Å²) in [5.74, 6) is 0.140. The summed E-state index contributed by atoms with van der Waals surface area (Å²) in [6.07, 6.45) is 0.842. The van der Waals surface area contributed by atoms with Crippen LogP contribution >= 0.6 is 0 Å². The van der Waals surface area contributed by atoms with Crippen molar-refractivity contribution in [2.45, 2.75) is 32.6 Å². The summed E-state index contributed by atoms with van der Waals surface area (Å²) < 4.78 is 33.6. The van der Waals surface area contributed by atoms with Crippen LogP contribution in [0.25, 0.3) is 0 Å². The average molecular weight is 245 g/mol.